The molecule has 1 fully saturated rings. The van der Waals surface area contributed by atoms with E-state index in [4.69, 9.17) is 4.74 Å². The van der Waals surface area contributed by atoms with E-state index >= 15 is 0 Å². The average molecular weight is 153 g/mol. The van der Waals surface area contributed by atoms with Crippen LogP contribution in [0.2, 0.25) is 0 Å². The minimum absolute atomic E-state index is 0.366. The van der Waals surface area contributed by atoms with Gasteiger partial charge in [-0.3, -0.25) is 0 Å². The highest BCUT2D eigenvalue weighted by atomic mass is 16.5. The van der Waals surface area contributed by atoms with Crippen LogP contribution < -0.4 is 0 Å². The molecule has 2 aliphatic rings. The normalized spacial score (nSPS) is 42.7. The topological polar surface area (TPSA) is 12.5 Å². The maximum Gasteiger partial charge on any atom is 0.130 e. The van der Waals surface area contributed by atoms with Crippen molar-refractivity contribution >= 4 is 0 Å². The summed E-state index contributed by atoms with van der Waals surface area (Å²) in [6, 6.07) is 0.552. The molecule has 0 aliphatic carbocycles. The maximum absolute atomic E-state index is 5.75. The van der Waals surface area contributed by atoms with Crippen LogP contribution in [0, 0.1) is 0 Å². The Balaban J connectivity index is 2.15. The lowest BCUT2D eigenvalue weighted by Gasteiger charge is -2.27. The molecule has 11 heavy (non-hydrogen) atoms. The number of hydrogen-bond acceptors (Lipinski definition) is 2. The van der Waals surface area contributed by atoms with Crippen molar-refractivity contribution in [1.29, 1.82) is 0 Å². The molecule has 2 rings (SSSR count). The van der Waals surface area contributed by atoms with E-state index in [1.54, 1.807) is 0 Å². The number of fused-ring (bicyclic) bond motifs is 1. The van der Waals surface area contributed by atoms with E-state index in [1.165, 1.54) is 6.42 Å². The lowest BCUT2D eigenvalue weighted by molar-refractivity contribution is 0.0122. The molecule has 0 amide bonds. The van der Waals surface area contributed by atoms with Crippen LogP contribution in [0.3, 0.4) is 0 Å². The van der Waals surface area contributed by atoms with Crippen molar-refractivity contribution in [3.05, 3.63) is 12.3 Å². The summed E-state index contributed by atoms with van der Waals surface area (Å²) in [5, 5.41) is 0. The lowest BCUT2D eigenvalue weighted by atomic mass is 10.1. The van der Waals surface area contributed by atoms with Gasteiger partial charge in [-0.05, 0) is 32.9 Å². The molecule has 2 heteroatoms. The zero-order valence-corrected chi connectivity index (χ0v) is 7.16. The van der Waals surface area contributed by atoms with Gasteiger partial charge in [-0.15, -0.1) is 0 Å². The molecule has 1 saturated heterocycles. The van der Waals surface area contributed by atoms with E-state index in [0.717, 1.165) is 6.42 Å². The quantitative estimate of drug-likeness (QED) is 0.525. The first kappa shape index (κ1) is 7.17. The van der Waals surface area contributed by atoms with Crippen LogP contribution in [0.1, 0.15) is 26.7 Å². The van der Waals surface area contributed by atoms with Crippen molar-refractivity contribution in [2.45, 2.75) is 45.1 Å². The molecule has 62 valence electrons. The first-order chi connectivity index (χ1) is 5.29. The summed E-state index contributed by atoms with van der Waals surface area (Å²) in [6.07, 6.45) is 7.50. The fourth-order valence-corrected chi connectivity index (χ4v) is 1.82. The number of nitrogens with zero attached hydrogens (tertiary/aromatic N) is 1. The Labute approximate surface area is 67.8 Å². The average Bonchev–Trinajstić information content (AvgIpc) is 2.30. The summed E-state index contributed by atoms with van der Waals surface area (Å²) in [5.74, 6) is 0. The Kier molecular flexibility index (Phi) is 1.64. The fourth-order valence-electron chi connectivity index (χ4n) is 1.82. The second kappa shape index (κ2) is 2.52. The van der Waals surface area contributed by atoms with Gasteiger partial charge in [-0.1, -0.05) is 6.08 Å². The highest BCUT2D eigenvalue weighted by molar-refractivity contribution is 4.97. The van der Waals surface area contributed by atoms with E-state index < -0.39 is 0 Å². The predicted octanol–water partition coefficient (Wildman–Crippen LogP) is 1.73. The van der Waals surface area contributed by atoms with E-state index in [9.17, 15) is 0 Å². The summed E-state index contributed by atoms with van der Waals surface area (Å²) in [7, 11) is 0. The molecule has 0 aromatic carbocycles. The van der Waals surface area contributed by atoms with E-state index in [0.29, 0.717) is 18.4 Å². The van der Waals surface area contributed by atoms with Gasteiger partial charge in [0.1, 0.15) is 6.23 Å². The Hall–Kier alpha value is -0.500. The van der Waals surface area contributed by atoms with E-state index in [-0.39, 0.29) is 0 Å². The molecular formula is C9H15NO. The number of hydrogen-bond donors (Lipinski definition) is 0. The second-order valence-electron chi connectivity index (χ2n) is 3.45. The van der Waals surface area contributed by atoms with Crippen LogP contribution in [0.25, 0.3) is 0 Å². The van der Waals surface area contributed by atoms with E-state index in [2.05, 4.69) is 31.0 Å². The van der Waals surface area contributed by atoms with Gasteiger partial charge in [0.15, 0.2) is 0 Å². The molecule has 0 saturated carbocycles. The van der Waals surface area contributed by atoms with Crippen molar-refractivity contribution in [1.82, 2.24) is 4.90 Å². The zero-order chi connectivity index (χ0) is 7.84. The highest BCUT2D eigenvalue weighted by Crippen LogP contribution is 2.28. The molecule has 2 heterocycles. The third kappa shape index (κ3) is 1.06. The highest BCUT2D eigenvalue weighted by Gasteiger charge is 2.35. The first-order valence-electron chi connectivity index (χ1n) is 4.38. The van der Waals surface area contributed by atoms with Crippen LogP contribution in [0.4, 0.5) is 0 Å². The number of allylic oxidation sites excluding steroid dienone is 1. The molecule has 0 unspecified atom stereocenters. The van der Waals surface area contributed by atoms with Gasteiger partial charge in [0.2, 0.25) is 0 Å². The van der Waals surface area contributed by atoms with E-state index in [1.807, 2.05) is 0 Å². The Morgan fingerprint density at radius 2 is 2.27 bits per heavy atom. The smallest absolute Gasteiger partial charge is 0.130 e. The molecule has 3 atom stereocenters. The van der Waals surface area contributed by atoms with Gasteiger partial charge in [0.25, 0.3) is 0 Å². The number of ether oxygens (including phenoxy) is 1. The van der Waals surface area contributed by atoms with Gasteiger partial charge in [-0.2, -0.15) is 0 Å². The van der Waals surface area contributed by atoms with Crippen LogP contribution in [-0.2, 0) is 4.74 Å². The predicted molar refractivity (Wildman–Crippen MR) is 44.0 cm³/mol. The minimum Gasteiger partial charge on any atom is -0.353 e. The fraction of sp³-hybridized carbons (Fsp3) is 0.778. The van der Waals surface area contributed by atoms with Gasteiger partial charge < -0.3 is 9.64 Å². The van der Waals surface area contributed by atoms with Crippen LogP contribution >= 0.6 is 0 Å². The summed E-state index contributed by atoms with van der Waals surface area (Å²) in [4.78, 5) is 2.33. The molecule has 0 spiro atoms. The molecule has 0 aromatic heterocycles. The molecule has 0 N–H and O–H groups in total. The molecule has 0 bridgehead atoms. The zero-order valence-electron chi connectivity index (χ0n) is 7.16. The van der Waals surface area contributed by atoms with Crippen LogP contribution in [0.15, 0.2) is 12.3 Å². The van der Waals surface area contributed by atoms with Crippen molar-refractivity contribution in [3.63, 3.8) is 0 Å². The summed E-state index contributed by atoms with van der Waals surface area (Å²) in [6.45, 7) is 4.37. The van der Waals surface area contributed by atoms with Crippen LogP contribution in [0.5, 0.6) is 0 Å². The van der Waals surface area contributed by atoms with Crippen molar-refractivity contribution in [3.8, 4) is 0 Å². The maximum atomic E-state index is 5.75. The van der Waals surface area contributed by atoms with Crippen molar-refractivity contribution in [2.24, 2.45) is 0 Å². The Morgan fingerprint density at radius 1 is 1.45 bits per heavy atom. The van der Waals surface area contributed by atoms with Gasteiger partial charge >= 0.3 is 0 Å². The van der Waals surface area contributed by atoms with Gasteiger partial charge in [0.05, 0.1) is 12.1 Å². The van der Waals surface area contributed by atoms with Crippen molar-refractivity contribution in [2.75, 3.05) is 0 Å². The van der Waals surface area contributed by atoms with Crippen molar-refractivity contribution < 1.29 is 4.74 Å². The van der Waals surface area contributed by atoms with Crippen LogP contribution in [-0.4, -0.2) is 23.3 Å². The summed E-state index contributed by atoms with van der Waals surface area (Å²) < 4.78 is 5.75. The monoisotopic (exact) mass is 153 g/mol. The lowest BCUT2D eigenvalue weighted by Crippen LogP contribution is -2.33. The van der Waals surface area contributed by atoms with Gasteiger partial charge in [-0.25, -0.2) is 0 Å². The van der Waals surface area contributed by atoms with Gasteiger partial charge in [0, 0.05) is 0 Å². The molecule has 0 radical (unpaired) electrons. The standard InChI is InChI=1S/C9H15NO/c1-7-8(2)11-9-5-3-4-6-10(7)9/h4,6-9H,3,5H2,1-2H3/t7-,8-,9-/m0/s1. The molecule has 2 aliphatic heterocycles. The SMILES string of the molecule is C[C@@H]1O[C@H]2CCC=CN2[C@H]1C. The summed E-state index contributed by atoms with van der Waals surface area (Å²) >= 11 is 0. The molecular weight excluding hydrogens is 138 g/mol. The first-order valence-corrected chi connectivity index (χ1v) is 4.38. The molecule has 2 nitrogen and oxygen atoms in total. The third-order valence-corrected chi connectivity index (χ3v) is 2.71. The Morgan fingerprint density at radius 3 is 3.00 bits per heavy atom. The second-order valence-corrected chi connectivity index (χ2v) is 3.45. The third-order valence-electron chi connectivity index (χ3n) is 2.71. The summed E-state index contributed by atoms with van der Waals surface area (Å²) in [5.41, 5.74) is 0. The number of rotatable bonds is 0. The minimum atomic E-state index is 0.366. The Bertz CT molecular complexity index is 178. The largest absolute Gasteiger partial charge is 0.353 e. The molecule has 0 aromatic rings.